The Morgan fingerprint density at radius 3 is 1.66 bits per heavy atom. The molecule has 1 aliphatic heterocycles. The molecule has 1 aromatic heterocycles. The fourth-order valence-corrected chi connectivity index (χ4v) is 9.42. The Labute approximate surface area is 307 Å². The molecule has 0 unspecified atom stereocenters. The van der Waals surface area contributed by atoms with Gasteiger partial charge in [0.25, 0.3) is 0 Å². The van der Waals surface area contributed by atoms with E-state index in [4.69, 9.17) is 0 Å². The van der Waals surface area contributed by atoms with Crippen LogP contribution < -0.4 is 0 Å². The molecule has 0 saturated carbocycles. The summed E-state index contributed by atoms with van der Waals surface area (Å²) in [5.74, 6) is 0. The van der Waals surface area contributed by atoms with Gasteiger partial charge in [-0.15, -0.1) is 0 Å². The molecule has 0 N–H and O–H groups in total. The summed E-state index contributed by atoms with van der Waals surface area (Å²) in [6.45, 7) is 0. The van der Waals surface area contributed by atoms with Crippen LogP contribution in [0.3, 0.4) is 0 Å². The average molecular weight is 670 g/mol. The lowest BCUT2D eigenvalue weighted by molar-refractivity contribution is 1.19. The lowest BCUT2D eigenvalue weighted by Gasteiger charge is -2.20. The summed E-state index contributed by atoms with van der Waals surface area (Å²) in [7, 11) is 0. The highest BCUT2D eigenvalue weighted by Crippen LogP contribution is 2.50. The first-order valence-electron chi connectivity index (χ1n) is 18.4. The fourth-order valence-electron chi connectivity index (χ4n) is 9.42. The summed E-state index contributed by atoms with van der Waals surface area (Å²) >= 11 is 0. The molecule has 0 aliphatic carbocycles. The van der Waals surface area contributed by atoms with Gasteiger partial charge in [0.2, 0.25) is 0 Å². The van der Waals surface area contributed by atoms with Gasteiger partial charge in [-0.2, -0.15) is 0 Å². The third-order valence-electron chi connectivity index (χ3n) is 11.7. The van der Waals surface area contributed by atoms with Crippen molar-refractivity contribution in [3.63, 3.8) is 0 Å². The van der Waals surface area contributed by atoms with Crippen molar-refractivity contribution in [2.45, 2.75) is 0 Å². The highest BCUT2D eigenvalue weighted by molar-refractivity contribution is 6.30. The lowest BCUT2D eigenvalue weighted by atomic mass is 9.83. The largest absolute Gasteiger partial charge is 0.308 e. The molecule has 0 amide bonds. The third kappa shape index (κ3) is 3.97. The molecule has 11 aromatic rings. The molecule has 12 rings (SSSR count). The summed E-state index contributed by atoms with van der Waals surface area (Å²) in [5.41, 5.74) is 16.2. The molecule has 1 aliphatic rings. The average Bonchev–Trinajstić information content (AvgIpc) is 3.51. The van der Waals surface area contributed by atoms with Gasteiger partial charge in [0.1, 0.15) is 0 Å². The van der Waals surface area contributed by atoms with Crippen LogP contribution in [-0.4, -0.2) is 4.57 Å². The minimum Gasteiger partial charge on any atom is -0.308 e. The van der Waals surface area contributed by atoms with Crippen LogP contribution in [0.4, 0.5) is 0 Å². The number of para-hydroxylation sites is 2. The van der Waals surface area contributed by atoms with Crippen molar-refractivity contribution in [1.29, 1.82) is 0 Å². The Morgan fingerprint density at radius 2 is 0.868 bits per heavy atom. The number of nitrogens with zero attached hydrogens (tertiary/aromatic N) is 1. The molecule has 2 heterocycles. The first-order chi connectivity index (χ1) is 26.3. The Hall–Kier alpha value is -6.96. The van der Waals surface area contributed by atoms with Crippen molar-refractivity contribution in [3.05, 3.63) is 188 Å². The summed E-state index contributed by atoms with van der Waals surface area (Å²) in [5, 5.41) is 10.4. The molecule has 244 valence electrons. The first-order valence-corrected chi connectivity index (χ1v) is 18.4. The van der Waals surface area contributed by atoms with Gasteiger partial charge >= 0.3 is 0 Å². The molecule has 0 fully saturated rings. The van der Waals surface area contributed by atoms with Crippen molar-refractivity contribution in [2.24, 2.45) is 0 Å². The molecule has 53 heavy (non-hydrogen) atoms. The minimum absolute atomic E-state index is 1.21. The molecule has 10 aromatic carbocycles. The SMILES string of the molecule is c1ccc(-c2ccc3ccc4c(-c5ccccc5)cc(-c5ccc6c(c5)-c5ccccc5-c5cccc7c8ccccc8n-6c57)c5ccc2c3c45)cc1. The van der Waals surface area contributed by atoms with Crippen LogP contribution in [0.5, 0.6) is 0 Å². The quantitative estimate of drug-likeness (QED) is 0.165. The summed E-state index contributed by atoms with van der Waals surface area (Å²) in [4.78, 5) is 0. The lowest BCUT2D eigenvalue weighted by Crippen LogP contribution is -1.97. The van der Waals surface area contributed by atoms with E-state index in [2.05, 4.69) is 193 Å². The van der Waals surface area contributed by atoms with E-state index in [0.717, 1.165) is 0 Å². The van der Waals surface area contributed by atoms with Crippen molar-refractivity contribution in [2.75, 3.05) is 0 Å². The topological polar surface area (TPSA) is 4.93 Å². The monoisotopic (exact) mass is 669 g/mol. The van der Waals surface area contributed by atoms with Crippen LogP contribution in [0.1, 0.15) is 0 Å². The molecular weight excluding hydrogens is 639 g/mol. The Kier molecular flexibility index (Phi) is 5.84. The van der Waals surface area contributed by atoms with Gasteiger partial charge in [-0.25, -0.2) is 0 Å². The zero-order valence-electron chi connectivity index (χ0n) is 28.8. The molecule has 1 nitrogen and oxygen atoms in total. The van der Waals surface area contributed by atoms with Crippen LogP contribution in [0.15, 0.2) is 188 Å². The van der Waals surface area contributed by atoms with E-state index in [0.29, 0.717) is 0 Å². The summed E-state index contributed by atoms with van der Waals surface area (Å²) in [6, 6.07) is 69.9. The van der Waals surface area contributed by atoms with E-state index in [1.54, 1.807) is 0 Å². The molecule has 0 spiro atoms. The molecule has 0 atom stereocenters. The van der Waals surface area contributed by atoms with Gasteiger partial charge in [-0.05, 0) is 101 Å². The number of fused-ring (bicyclic) bond motifs is 8. The number of benzene rings is 10. The fraction of sp³-hybridized carbons (Fsp3) is 0. The number of hydrogen-bond donors (Lipinski definition) is 0. The zero-order chi connectivity index (χ0) is 34.6. The van der Waals surface area contributed by atoms with Crippen LogP contribution in [0, 0.1) is 0 Å². The van der Waals surface area contributed by atoms with Crippen molar-refractivity contribution < 1.29 is 0 Å². The predicted molar refractivity (Wildman–Crippen MR) is 225 cm³/mol. The van der Waals surface area contributed by atoms with Crippen molar-refractivity contribution >= 4 is 54.1 Å². The normalized spacial score (nSPS) is 12.2. The van der Waals surface area contributed by atoms with Crippen molar-refractivity contribution in [3.8, 4) is 61.3 Å². The standard InChI is InChI=1S/C52H31N/c1-3-12-32(13-4-1)36-25-22-34-23-26-41-45(33-14-5-2-6-15-33)31-46(42-28-27-40(36)50(34)51(41)42)35-24-29-49-47(30-35)38-17-8-7-16-37(38)43-19-11-20-44-39-18-9-10-21-48(39)53(49)52(43)44/h1-31H. The van der Waals surface area contributed by atoms with Crippen LogP contribution >= 0.6 is 0 Å². The molecule has 1 heteroatoms. The van der Waals surface area contributed by atoms with Crippen LogP contribution in [-0.2, 0) is 0 Å². The number of hydrogen-bond acceptors (Lipinski definition) is 0. The predicted octanol–water partition coefficient (Wildman–Crippen LogP) is 14.3. The van der Waals surface area contributed by atoms with Crippen molar-refractivity contribution in [1.82, 2.24) is 4.57 Å². The van der Waals surface area contributed by atoms with Crippen LogP contribution in [0.25, 0.3) is 115 Å². The van der Waals surface area contributed by atoms with Crippen LogP contribution in [0.2, 0.25) is 0 Å². The van der Waals surface area contributed by atoms with Gasteiger partial charge in [0.05, 0.1) is 16.7 Å². The van der Waals surface area contributed by atoms with E-state index < -0.39 is 0 Å². The smallest absolute Gasteiger partial charge is 0.0619 e. The second-order valence-electron chi connectivity index (χ2n) is 14.4. The third-order valence-corrected chi connectivity index (χ3v) is 11.7. The second-order valence-corrected chi connectivity index (χ2v) is 14.4. The Bertz CT molecular complexity index is 3260. The highest BCUT2D eigenvalue weighted by Gasteiger charge is 2.25. The van der Waals surface area contributed by atoms with E-state index in [9.17, 15) is 0 Å². The highest BCUT2D eigenvalue weighted by atomic mass is 15.0. The Morgan fingerprint density at radius 1 is 0.283 bits per heavy atom. The van der Waals surface area contributed by atoms with Gasteiger partial charge in [0, 0.05) is 21.9 Å². The molecule has 0 radical (unpaired) electrons. The van der Waals surface area contributed by atoms with Gasteiger partial charge in [-0.1, -0.05) is 164 Å². The van der Waals surface area contributed by atoms with E-state index in [1.807, 2.05) is 0 Å². The van der Waals surface area contributed by atoms with Gasteiger partial charge in [0.15, 0.2) is 0 Å². The summed E-state index contributed by atoms with van der Waals surface area (Å²) in [6.07, 6.45) is 0. The summed E-state index contributed by atoms with van der Waals surface area (Å²) < 4.78 is 2.50. The maximum absolute atomic E-state index is 2.50. The minimum atomic E-state index is 1.21. The maximum atomic E-state index is 2.50. The molecule has 0 bridgehead atoms. The van der Waals surface area contributed by atoms with Gasteiger partial charge in [-0.3, -0.25) is 0 Å². The first kappa shape index (κ1) is 28.7. The van der Waals surface area contributed by atoms with E-state index in [-0.39, 0.29) is 0 Å². The van der Waals surface area contributed by atoms with E-state index in [1.165, 1.54) is 115 Å². The van der Waals surface area contributed by atoms with E-state index >= 15 is 0 Å². The molecular formula is C52H31N. The Balaban J connectivity index is 1.20. The maximum Gasteiger partial charge on any atom is 0.0619 e. The molecule has 0 saturated heterocycles. The number of aromatic nitrogens is 1. The number of rotatable bonds is 3. The zero-order valence-corrected chi connectivity index (χ0v) is 28.8. The second kappa shape index (κ2) is 10.8. The van der Waals surface area contributed by atoms with Gasteiger partial charge < -0.3 is 4.57 Å².